The summed E-state index contributed by atoms with van der Waals surface area (Å²) in [5.41, 5.74) is 0.592. The van der Waals surface area contributed by atoms with Gasteiger partial charge in [0.25, 0.3) is 10.0 Å². The average molecular weight is 526 g/mol. The van der Waals surface area contributed by atoms with Crippen LogP contribution in [0.4, 0.5) is 14.5 Å². The van der Waals surface area contributed by atoms with Crippen LogP contribution >= 0.6 is 39.1 Å². The molecule has 0 spiro atoms. The highest BCUT2D eigenvalue weighted by atomic mass is 79.9. The molecule has 29 heavy (non-hydrogen) atoms. The van der Waals surface area contributed by atoms with Crippen LogP contribution in [0.5, 0.6) is 0 Å². The largest absolute Gasteiger partial charge is 0.358 e. The number of fused-ring (bicyclic) bond motifs is 1. The number of nitrogens with one attached hydrogen (secondary N) is 2. The molecule has 3 heterocycles. The van der Waals surface area contributed by atoms with Gasteiger partial charge in [-0.2, -0.15) is 23.7 Å². The minimum atomic E-state index is -4.18. The molecule has 1 aromatic carbocycles. The van der Waals surface area contributed by atoms with Gasteiger partial charge in [0.15, 0.2) is 5.15 Å². The molecule has 0 saturated carbocycles. The summed E-state index contributed by atoms with van der Waals surface area (Å²) in [5.74, 6) is 0. The molecule has 8 nitrogen and oxygen atoms in total. The molecular formula is C15H9BrCl2F2N6O2S. The molecule has 152 valence electrons. The highest BCUT2D eigenvalue weighted by molar-refractivity contribution is 9.10. The summed E-state index contributed by atoms with van der Waals surface area (Å²) in [6.45, 7) is -3.01. The second kappa shape index (κ2) is 7.27. The lowest BCUT2D eigenvalue weighted by atomic mass is 10.2. The molecule has 3 aromatic heterocycles. The summed E-state index contributed by atoms with van der Waals surface area (Å²) in [5, 5.41) is 7.67. The van der Waals surface area contributed by atoms with Crippen LogP contribution in [0.3, 0.4) is 0 Å². The van der Waals surface area contributed by atoms with Crippen LogP contribution < -0.4 is 4.72 Å². The minimum absolute atomic E-state index is 0.127. The maximum Gasteiger partial charge on any atom is 0.334 e. The van der Waals surface area contributed by atoms with Gasteiger partial charge in [-0.25, -0.2) is 13.1 Å². The summed E-state index contributed by atoms with van der Waals surface area (Å²) in [7, 11) is -4.18. The molecule has 0 aliphatic heterocycles. The van der Waals surface area contributed by atoms with Crippen LogP contribution in [0.15, 0.2) is 46.3 Å². The van der Waals surface area contributed by atoms with E-state index in [9.17, 15) is 17.2 Å². The van der Waals surface area contributed by atoms with Crippen LogP contribution in [0.1, 0.15) is 6.55 Å². The lowest BCUT2D eigenvalue weighted by Gasteiger charge is -2.08. The van der Waals surface area contributed by atoms with Gasteiger partial charge >= 0.3 is 6.55 Å². The van der Waals surface area contributed by atoms with Crippen molar-refractivity contribution in [2.45, 2.75) is 11.4 Å². The van der Waals surface area contributed by atoms with Gasteiger partial charge < -0.3 is 4.98 Å². The van der Waals surface area contributed by atoms with Crippen molar-refractivity contribution < 1.29 is 17.2 Å². The fraction of sp³-hybridized carbons (Fsp3) is 0.0667. The van der Waals surface area contributed by atoms with E-state index in [2.05, 4.69) is 35.8 Å². The van der Waals surface area contributed by atoms with E-state index >= 15 is 0 Å². The Morgan fingerprint density at radius 1 is 1.21 bits per heavy atom. The molecule has 0 atom stereocenters. The molecule has 0 fully saturated rings. The van der Waals surface area contributed by atoms with Crippen molar-refractivity contribution in [3.63, 3.8) is 0 Å². The number of aromatic nitrogens is 5. The Balaban J connectivity index is 1.80. The molecule has 2 N–H and O–H groups in total. The number of aromatic amines is 1. The summed E-state index contributed by atoms with van der Waals surface area (Å²) >= 11 is 15.4. The lowest BCUT2D eigenvalue weighted by molar-refractivity contribution is 0.0570. The standard InChI is InChI=1S/C15H9BrCl2F2N6O2S/c16-7-3-22-25(6-7)13-9(17)2-1-8-11(5-21-12(8)13)29(27,28)24-10-4-23-26(14(10)18)15(19)20/h1-6,15,21,24H. The van der Waals surface area contributed by atoms with Gasteiger partial charge in [-0.15, -0.1) is 0 Å². The molecule has 0 aliphatic carbocycles. The molecule has 0 saturated heterocycles. The van der Waals surface area contributed by atoms with Crippen molar-refractivity contribution in [1.82, 2.24) is 24.5 Å². The van der Waals surface area contributed by atoms with Gasteiger partial charge in [0, 0.05) is 17.8 Å². The van der Waals surface area contributed by atoms with Gasteiger partial charge in [-0.1, -0.05) is 23.2 Å². The number of H-pyrrole nitrogens is 1. The molecule has 14 heteroatoms. The molecule has 0 unspecified atom stereocenters. The second-order valence-corrected chi connectivity index (χ2v) is 9.08. The van der Waals surface area contributed by atoms with E-state index in [1.54, 1.807) is 12.4 Å². The first kappa shape index (κ1) is 20.1. The molecule has 0 radical (unpaired) electrons. The Bertz CT molecular complexity index is 1330. The van der Waals surface area contributed by atoms with Crippen molar-refractivity contribution in [2.75, 3.05) is 4.72 Å². The van der Waals surface area contributed by atoms with Crippen LogP contribution in [0.25, 0.3) is 16.6 Å². The molecule has 0 aliphatic rings. The highest BCUT2D eigenvalue weighted by Crippen LogP contribution is 2.34. The fourth-order valence-corrected chi connectivity index (χ4v) is 4.78. The van der Waals surface area contributed by atoms with Crippen molar-refractivity contribution in [3.8, 4) is 5.69 Å². The molecule has 0 amide bonds. The van der Waals surface area contributed by atoms with Gasteiger partial charge in [0.2, 0.25) is 0 Å². The summed E-state index contributed by atoms with van der Waals surface area (Å²) in [6.07, 6.45) is 5.38. The van der Waals surface area contributed by atoms with E-state index in [1.807, 2.05) is 0 Å². The van der Waals surface area contributed by atoms with E-state index in [0.29, 0.717) is 26.1 Å². The maximum absolute atomic E-state index is 12.9. The van der Waals surface area contributed by atoms with Crippen molar-refractivity contribution >= 4 is 65.7 Å². The molecule has 4 aromatic rings. The molecular weight excluding hydrogens is 517 g/mol. The number of hydrogen-bond acceptors (Lipinski definition) is 4. The van der Waals surface area contributed by atoms with Crippen molar-refractivity contribution in [3.05, 3.63) is 51.6 Å². The van der Waals surface area contributed by atoms with Gasteiger partial charge in [0.1, 0.15) is 16.3 Å². The number of rotatable bonds is 5. The smallest absolute Gasteiger partial charge is 0.334 e. The number of alkyl halides is 2. The zero-order valence-electron chi connectivity index (χ0n) is 13.9. The first-order chi connectivity index (χ1) is 13.7. The lowest BCUT2D eigenvalue weighted by Crippen LogP contribution is -2.12. The van der Waals surface area contributed by atoms with E-state index in [4.69, 9.17) is 23.2 Å². The third-order valence-electron chi connectivity index (χ3n) is 3.98. The first-order valence-electron chi connectivity index (χ1n) is 7.73. The van der Waals surface area contributed by atoms with Crippen LogP contribution in [0, 0.1) is 0 Å². The first-order valence-corrected chi connectivity index (χ1v) is 10.8. The Labute approximate surface area is 180 Å². The monoisotopic (exact) mass is 524 g/mol. The number of nitrogens with zero attached hydrogens (tertiary/aromatic N) is 4. The number of hydrogen-bond donors (Lipinski definition) is 2. The van der Waals surface area contributed by atoms with Crippen molar-refractivity contribution in [1.29, 1.82) is 0 Å². The van der Waals surface area contributed by atoms with E-state index < -0.39 is 21.7 Å². The van der Waals surface area contributed by atoms with Gasteiger partial charge in [-0.05, 0) is 28.1 Å². The topological polar surface area (TPSA) is 97.6 Å². The van der Waals surface area contributed by atoms with Gasteiger partial charge in [-0.3, -0.25) is 4.72 Å². The third kappa shape index (κ3) is 3.50. The predicted octanol–water partition coefficient (Wildman–Crippen LogP) is 4.82. The summed E-state index contributed by atoms with van der Waals surface area (Å²) in [4.78, 5) is 2.75. The Kier molecular flexibility index (Phi) is 5.05. The fourth-order valence-electron chi connectivity index (χ4n) is 2.75. The quantitative estimate of drug-likeness (QED) is 0.390. The van der Waals surface area contributed by atoms with Crippen LogP contribution in [0.2, 0.25) is 10.2 Å². The summed E-state index contributed by atoms with van der Waals surface area (Å²) < 4.78 is 55.9. The molecule has 4 rings (SSSR count). The van der Waals surface area contributed by atoms with Crippen molar-refractivity contribution in [2.24, 2.45) is 0 Å². The Morgan fingerprint density at radius 3 is 2.59 bits per heavy atom. The SMILES string of the molecule is O=S(=O)(Nc1cnn(C(F)F)c1Cl)c1c[nH]c2c(-n3cc(Br)cn3)c(Cl)ccc12. The number of halogens is 5. The zero-order valence-corrected chi connectivity index (χ0v) is 17.9. The summed E-state index contributed by atoms with van der Waals surface area (Å²) in [6, 6.07) is 3.05. The normalized spacial score (nSPS) is 12.2. The Hall–Kier alpha value is -2.15. The molecule has 0 bridgehead atoms. The third-order valence-corrected chi connectivity index (χ3v) is 6.47. The Morgan fingerprint density at radius 2 is 1.97 bits per heavy atom. The van der Waals surface area contributed by atoms with Crippen LogP contribution in [-0.4, -0.2) is 33.0 Å². The number of anilines is 1. The second-order valence-electron chi connectivity index (χ2n) is 5.75. The predicted molar refractivity (Wildman–Crippen MR) is 107 cm³/mol. The van der Waals surface area contributed by atoms with E-state index in [1.165, 1.54) is 23.0 Å². The maximum atomic E-state index is 12.9. The number of sulfonamides is 1. The number of benzene rings is 1. The zero-order chi connectivity index (χ0) is 20.9. The average Bonchev–Trinajstić information content (AvgIpc) is 3.34. The minimum Gasteiger partial charge on any atom is -0.358 e. The van der Waals surface area contributed by atoms with Gasteiger partial charge in [0.05, 0.1) is 27.4 Å². The van der Waals surface area contributed by atoms with E-state index in [-0.39, 0.29) is 15.3 Å². The van der Waals surface area contributed by atoms with Crippen LogP contribution in [-0.2, 0) is 10.0 Å². The van der Waals surface area contributed by atoms with E-state index in [0.717, 1.165) is 6.20 Å². The highest BCUT2D eigenvalue weighted by Gasteiger charge is 2.25.